The Morgan fingerprint density at radius 3 is 1.83 bits per heavy atom. The Labute approximate surface area is 375 Å². The average Bonchev–Trinajstić information content (AvgIpc) is 3.73. The summed E-state index contributed by atoms with van der Waals surface area (Å²) in [5, 5.41) is 0. The highest BCUT2D eigenvalue weighted by molar-refractivity contribution is 6.99. The normalized spacial score (nSPS) is 13.5. The zero-order valence-electron chi connectivity index (χ0n) is 36.1. The maximum absolute atomic E-state index is 6.93. The summed E-state index contributed by atoms with van der Waals surface area (Å²) in [6.07, 6.45) is 1.95. The molecule has 0 amide bonds. The van der Waals surface area contributed by atoms with Crippen LogP contribution < -0.4 is 35.8 Å². The predicted octanol–water partition coefficient (Wildman–Crippen LogP) is 13.0. The van der Waals surface area contributed by atoms with E-state index in [0.717, 1.165) is 56.7 Å². The van der Waals surface area contributed by atoms with Crippen LogP contribution in [0, 0.1) is 0 Å². The maximum atomic E-state index is 6.93. The number of aromatic nitrogens is 1. The summed E-state index contributed by atoms with van der Waals surface area (Å²) in [4.78, 5) is 12.3. The first-order chi connectivity index (χ1) is 31.4. The van der Waals surface area contributed by atoms with E-state index in [2.05, 4.69) is 236 Å². The van der Waals surface area contributed by atoms with Gasteiger partial charge in [-0.3, -0.25) is 4.98 Å². The molecule has 0 saturated carbocycles. The first kappa shape index (κ1) is 37.9. The van der Waals surface area contributed by atoms with E-state index in [4.69, 9.17) is 9.72 Å². The van der Waals surface area contributed by atoms with Gasteiger partial charge in [0, 0.05) is 40.1 Å². The molecule has 6 heteroatoms. The topological polar surface area (TPSA) is 31.8 Å². The second kappa shape index (κ2) is 14.9. The zero-order valence-corrected chi connectivity index (χ0v) is 36.1. The molecule has 12 rings (SSSR count). The summed E-state index contributed by atoms with van der Waals surface area (Å²) in [7, 11) is 0. The van der Waals surface area contributed by atoms with Crippen LogP contribution in [-0.2, 0) is 5.41 Å². The fourth-order valence-electron chi connectivity index (χ4n) is 10.1. The maximum Gasteiger partial charge on any atom is 0.256 e. The van der Waals surface area contributed by atoms with Gasteiger partial charge in [0.25, 0.3) is 6.71 Å². The molecule has 9 aromatic rings. The molecule has 3 aliphatic heterocycles. The van der Waals surface area contributed by atoms with Gasteiger partial charge in [-0.2, -0.15) is 0 Å². The van der Waals surface area contributed by atoms with Gasteiger partial charge in [0.2, 0.25) is 0 Å². The number of pyridine rings is 1. The van der Waals surface area contributed by atoms with Gasteiger partial charge in [-0.1, -0.05) is 148 Å². The number of para-hydroxylation sites is 4. The third-order valence-electron chi connectivity index (χ3n) is 13.1. The standard InChI is InChI=1S/C58H45BN4O/c1-58(2,3)42-33-34-60-49(36-42)41-29-31-50-47(35-41)59-48-37-44(30-32-54(48)64-55-28-16-27-53(56(55)59)63(50)43-21-11-6-12-22-43)61-38-62(52-26-14-13-25-51(52)61)57-45(39-17-7-4-8-18-39)23-15-24-46(57)40-19-9-5-10-20-40/h4-37H,38H2,1-3H3. The summed E-state index contributed by atoms with van der Waals surface area (Å²) in [6.45, 7) is 7.32. The predicted molar refractivity (Wildman–Crippen MR) is 267 cm³/mol. The molecule has 0 atom stereocenters. The lowest BCUT2D eigenvalue weighted by Gasteiger charge is -2.40. The van der Waals surface area contributed by atoms with Crippen molar-refractivity contribution in [1.82, 2.24) is 4.98 Å². The third-order valence-corrected chi connectivity index (χ3v) is 13.1. The zero-order chi connectivity index (χ0) is 42.9. The van der Waals surface area contributed by atoms with Crippen LogP contribution in [0.15, 0.2) is 206 Å². The molecule has 0 aliphatic carbocycles. The van der Waals surface area contributed by atoms with Crippen molar-refractivity contribution < 1.29 is 4.74 Å². The van der Waals surface area contributed by atoms with Gasteiger partial charge in [-0.05, 0) is 117 Å². The van der Waals surface area contributed by atoms with Crippen molar-refractivity contribution in [3.63, 3.8) is 0 Å². The van der Waals surface area contributed by atoms with Gasteiger partial charge in [0.05, 0.1) is 22.8 Å². The first-order valence-electron chi connectivity index (χ1n) is 22.2. The monoisotopic (exact) mass is 824 g/mol. The van der Waals surface area contributed by atoms with Crippen LogP contribution in [0.2, 0.25) is 0 Å². The Bertz CT molecular complexity index is 3180. The van der Waals surface area contributed by atoms with Crippen LogP contribution in [-0.4, -0.2) is 18.4 Å². The number of fused-ring (bicyclic) bond motifs is 5. The Hall–Kier alpha value is -7.83. The molecule has 0 bridgehead atoms. The highest BCUT2D eigenvalue weighted by Crippen LogP contribution is 2.50. The Morgan fingerprint density at radius 1 is 0.484 bits per heavy atom. The smallest absolute Gasteiger partial charge is 0.256 e. The number of nitrogens with zero attached hydrogens (tertiary/aromatic N) is 4. The highest BCUT2D eigenvalue weighted by Gasteiger charge is 2.43. The Kier molecular flexibility index (Phi) is 8.84. The molecule has 3 aliphatic rings. The molecule has 306 valence electrons. The van der Waals surface area contributed by atoms with E-state index in [0.29, 0.717) is 6.67 Å². The van der Waals surface area contributed by atoms with E-state index in [-0.39, 0.29) is 12.1 Å². The molecule has 1 aromatic heterocycles. The van der Waals surface area contributed by atoms with Crippen LogP contribution in [0.3, 0.4) is 0 Å². The molecular formula is C58H45BN4O. The molecule has 8 aromatic carbocycles. The van der Waals surface area contributed by atoms with E-state index < -0.39 is 0 Å². The van der Waals surface area contributed by atoms with Crippen molar-refractivity contribution in [3.05, 3.63) is 212 Å². The molecule has 64 heavy (non-hydrogen) atoms. The van der Waals surface area contributed by atoms with Crippen LogP contribution in [0.25, 0.3) is 33.5 Å². The number of ether oxygens (including phenoxy) is 1. The molecule has 4 heterocycles. The summed E-state index contributed by atoms with van der Waals surface area (Å²) < 4.78 is 6.93. The third kappa shape index (κ3) is 6.20. The molecule has 0 spiro atoms. The first-order valence-corrected chi connectivity index (χ1v) is 22.2. The fraction of sp³-hybridized carbons (Fsp3) is 0.0862. The van der Waals surface area contributed by atoms with Gasteiger partial charge in [-0.15, -0.1) is 0 Å². The van der Waals surface area contributed by atoms with Gasteiger partial charge in [-0.25, -0.2) is 0 Å². The van der Waals surface area contributed by atoms with Crippen molar-refractivity contribution in [3.8, 4) is 45.0 Å². The number of hydrogen-bond acceptors (Lipinski definition) is 5. The lowest BCUT2D eigenvalue weighted by molar-refractivity contribution is 0.487. The van der Waals surface area contributed by atoms with Crippen molar-refractivity contribution >= 4 is 62.9 Å². The molecule has 0 unspecified atom stereocenters. The van der Waals surface area contributed by atoms with Crippen molar-refractivity contribution in [1.29, 1.82) is 0 Å². The molecule has 0 radical (unpaired) electrons. The lowest BCUT2D eigenvalue weighted by Crippen LogP contribution is -2.59. The molecule has 0 saturated heterocycles. The SMILES string of the molecule is CC(C)(C)c1ccnc(-c2ccc3c(c2)B2c4cc(N5CN(c6c(-c7ccccc7)cccc6-c6ccccc6)c6ccccc65)ccc4Oc4cccc(c42)N3c2ccccc2)c1. The summed E-state index contributed by atoms with van der Waals surface area (Å²) in [6, 6.07) is 72.3. The number of anilines is 7. The van der Waals surface area contributed by atoms with Gasteiger partial charge in [0.15, 0.2) is 0 Å². The summed E-state index contributed by atoms with van der Waals surface area (Å²) >= 11 is 0. The average molecular weight is 825 g/mol. The summed E-state index contributed by atoms with van der Waals surface area (Å²) in [5.74, 6) is 1.76. The van der Waals surface area contributed by atoms with Gasteiger partial charge < -0.3 is 19.4 Å². The van der Waals surface area contributed by atoms with E-state index in [1.807, 2.05) is 6.20 Å². The second-order valence-corrected chi connectivity index (χ2v) is 18.0. The summed E-state index contributed by atoms with van der Waals surface area (Å²) in [5.41, 5.74) is 19.6. The molecule has 0 fully saturated rings. The van der Waals surface area contributed by atoms with Crippen molar-refractivity contribution in [2.75, 3.05) is 21.4 Å². The quantitative estimate of drug-likeness (QED) is 0.156. The molecular weight excluding hydrogens is 779 g/mol. The van der Waals surface area contributed by atoms with Crippen LogP contribution in [0.4, 0.5) is 39.8 Å². The largest absolute Gasteiger partial charge is 0.458 e. The number of benzene rings is 8. The van der Waals surface area contributed by atoms with E-state index in [1.165, 1.54) is 50.1 Å². The second-order valence-electron chi connectivity index (χ2n) is 18.0. The van der Waals surface area contributed by atoms with Crippen LogP contribution in [0.1, 0.15) is 26.3 Å². The van der Waals surface area contributed by atoms with Gasteiger partial charge >= 0.3 is 0 Å². The highest BCUT2D eigenvalue weighted by atomic mass is 16.5. The Morgan fingerprint density at radius 2 is 1.12 bits per heavy atom. The number of rotatable bonds is 6. The van der Waals surface area contributed by atoms with Crippen molar-refractivity contribution in [2.45, 2.75) is 26.2 Å². The van der Waals surface area contributed by atoms with E-state index in [1.54, 1.807) is 0 Å². The van der Waals surface area contributed by atoms with Gasteiger partial charge in [0.1, 0.15) is 18.2 Å². The minimum absolute atomic E-state index is 0.00356. The molecule has 5 nitrogen and oxygen atoms in total. The lowest BCUT2D eigenvalue weighted by atomic mass is 9.34. The van der Waals surface area contributed by atoms with E-state index >= 15 is 0 Å². The fourth-order valence-corrected chi connectivity index (χ4v) is 10.1. The van der Waals surface area contributed by atoms with Crippen LogP contribution >= 0.6 is 0 Å². The molecule has 0 N–H and O–H groups in total. The van der Waals surface area contributed by atoms with E-state index in [9.17, 15) is 0 Å². The minimum Gasteiger partial charge on any atom is -0.458 e. The van der Waals surface area contributed by atoms with Crippen LogP contribution in [0.5, 0.6) is 11.5 Å². The minimum atomic E-state index is -0.0898. The Balaban J connectivity index is 1.02. The van der Waals surface area contributed by atoms with Crippen molar-refractivity contribution in [2.24, 2.45) is 0 Å². The number of hydrogen-bond donors (Lipinski definition) is 0.